The van der Waals surface area contributed by atoms with Gasteiger partial charge in [0.05, 0.1) is 12.9 Å². The molecule has 0 aliphatic heterocycles. The molecule has 3 amide bonds. The lowest BCUT2D eigenvalue weighted by Crippen LogP contribution is -2.41. The van der Waals surface area contributed by atoms with Gasteiger partial charge in [0, 0.05) is 16.9 Å². The third-order valence-corrected chi connectivity index (χ3v) is 4.32. The van der Waals surface area contributed by atoms with E-state index in [0.717, 1.165) is 5.75 Å². The first kappa shape index (κ1) is 21.6. The van der Waals surface area contributed by atoms with Crippen LogP contribution in [0.2, 0.25) is 0 Å². The van der Waals surface area contributed by atoms with E-state index >= 15 is 0 Å². The van der Waals surface area contributed by atoms with Gasteiger partial charge in [-0.05, 0) is 74.5 Å². The first-order valence-electron chi connectivity index (χ1n) is 9.75. The van der Waals surface area contributed by atoms with E-state index in [-0.39, 0.29) is 11.7 Å². The first-order valence-corrected chi connectivity index (χ1v) is 9.75. The monoisotopic (exact) mass is 421 g/mol. The molecule has 8 heteroatoms. The third kappa shape index (κ3) is 5.96. The molecule has 1 atom stereocenters. The normalized spacial score (nSPS) is 11.3. The highest BCUT2D eigenvalue weighted by Crippen LogP contribution is 2.17. The molecule has 1 heterocycles. The molecule has 0 saturated carbocycles. The predicted molar refractivity (Wildman–Crippen MR) is 116 cm³/mol. The molecule has 0 bridgehead atoms. The predicted octanol–water partition coefficient (Wildman–Crippen LogP) is 3.69. The van der Waals surface area contributed by atoms with Crippen molar-refractivity contribution in [3.05, 3.63) is 78.3 Å². The maximum absolute atomic E-state index is 12.4. The van der Waals surface area contributed by atoms with E-state index in [1.165, 1.54) is 12.3 Å². The molecule has 1 aromatic heterocycles. The molecule has 0 spiro atoms. The molecule has 3 N–H and O–H groups in total. The zero-order chi connectivity index (χ0) is 22.2. The number of nitrogens with one attached hydrogen (secondary N) is 3. The molecule has 3 aromatic rings. The molecule has 0 saturated heterocycles. The Morgan fingerprint density at radius 2 is 1.55 bits per heavy atom. The number of carbonyl (C=O) groups excluding carboxylic acids is 3. The van der Waals surface area contributed by atoms with Crippen LogP contribution in [0.4, 0.5) is 11.4 Å². The minimum Gasteiger partial charge on any atom is -0.494 e. The van der Waals surface area contributed by atoms with Gasteiger partial charge in [-0.1, -0.05) is 0 Å². The van der Waals surface area contributed by atoms with E-state index in [2.05, 4.69) is 16.0 Å². The average molecular weight is 421 g/mol. The van der Waals surface area contributed by atoms with Crippen LogP contribution in [0.15, 0.2) is 71.3 Å². The van der Waals surface area contributed by atoms with Crippen LogP contribution in [0.5, 0.6) is 5.75 Å². The smallest absolute Gasteiger partial charge is 0.287 e. The second kappa shape index (κ2) is 10.1. The van der Waals surface area contributed by atoms with Crippen molar-refractivity contribution >= 4 is 29.1 Å². The summed E-state index contributed by atoms with van der Waals surface area (Å²) in [5, 5.41) is 8.05. The van der Waals surface area contributed by atoms with E-state index in [9.17, 15) is 14.4 Å². The largest absolute Gasteiger partial charge is 0.494 e. The third-order valence-electron chi connectivity index (χ3n) is 4.32. The molecule has 2 aromatic carbocycles. The summed E-state index contributed by atoms with van der Waals surface area (Å²) in [6.07, 6.45) is 1.38. The number of carbonyl (C=O) groups is 3. The van der Waals surface area contributed by atoms with Crippen molar-refractivity contribution in [1.82, 2.24) is 5.32 Å². The van der Waals surface area contributed by atoms with E-state index in [4.69, 9.17) is 9.15 Å². The fourth-order valence-corrected chi connectivity index (χ4v) is 2.70. The minimum absolute atomic E-state index is 0.127. The Morgan fingerprint density at radius 3 is 2.16 bits per heavy atom. The van der Waals surface area contributed by atoms with Gasteiger partial charge in [-0.3, -0.25) is 14.4 Å². The summed E-state index contributed by atoms with van der Waals surface area (Å²) in [7, 11) is 0. The number of rotatable bonds is 8. The molecule has 31 heavy (non-hydrogen) atoms. The van der Waals surface area contributed by atoms with Gasteiger partial charge in [-0.15, -0.1) is 0 Å². The Hall–Kier alpha value is -4.07. The number of furan rings is 1. The molecule has 0 aliphatic rings. The van der Waals surface area contributed by atoms with Crippen molar-refractivity contribution in [1.29, 1.82) is 0 Å². The number of hydrogen-bond acceptors (Lipinski definition) is 5. The van der Waals surface area contributed by atoms with Gasteiger partial charge >= 0.3 is 0 Å². The van der Waals surface area contributed by atoms with Crippen LogP contribution < -0.4 is 20.7 Å². The summed E-state index contributed by atoms with van der Waals surface area (Å²) in [5.74, 6) is -0.292. The molecular weight excluding hydrogens is 398 g/mol. The van der Waals surface area contributed by atoms with Crippen molar-refractivity contribution in [2.45, 2.75) is 19.9 Å². The summed E-state index contributed by atoms with van der Waals surface area (Å²) in [5.41, 5.74) is 1.58. The van der Waals surface area contributed by atoms with Gasteiger partial charge in [-0.2, -0.15) is 0 Å². The molecule has 3 rings (SSSR count). The van der Waals surface area contributed by atoms with Crippen molar-refractivity contribution < 1.29 is 23.5 Å². The molecule has 0 radical (unpaired) electrons. The highest BCUT2D eigenvalue weighted by molar-refractivity contribution is 6.05. The number of anilines is 2. The highest BCUT2D eigenvalue weighted by atomic mass is 16.5. The standard InChI is InChI=1S/C23H23N3O5/c1-3-30-19-12-10-18(11-13-19)26-22(28)16-6-8-17(9-7-16)25-21(27)15(2)24-23(29)20-5-4-14-31-20/h4-15H,3H2,1-2H3,(H,24,29)(H,25,27)(H,26,28). The Morgan fingerprint density at radius 1 is 0.903 bits per heavy atom. The maximum Gasteiger partial charge on any atom is 0.287 e. The fraction of sp³-hybridized carbons (Fsp3) is 0.174. The van der Waals surface area contributed by atoms with Gasteiger partial charge in [0.15, 0.2) is 5.76 Å². The van der Waals surface area contributed by atoms with E-state index in [1.807, 2.05) is 6.92 Å². The molecule has 0 aliphatic carbocycles. The molecule has 1 unspecified atom stereocenters. The quantitative estimate of drug-likeness (QED) is 0.514. The minimum atomic E-state index is -0.778. The van der Waals surface area contributed by atoms with Crippen LogP contribution >= 0.6 is 0 Å². The zero-order valence-electron chi connectivity index (χ0n) is 17.2. The highest BCUT2D eigenvalue weighted by Gasteiger charge is 2.18. The number of ether oxygens (including phenoxy) is 1. The summed E-state index contributed by atoms with van der Waals surface area (Å²) in [6.45, 7) is 4.04. The van der Waals surface area contributed by atoms with Gasteiger partial charge in [0.2, 0.25) is 5.91 Å². The van der Waals surface area contributed by atoms with E-state index < -0.39 is 17.9 Å². The second-order valence-corrected chi connectivity index (χ2v) is 6.65. The average Bonchev–Trinajstić information content (AvgIpc) is 3.31. The molecule has 0 fully saturated rings. The molecule has 8 nitrogen and oxygen atoms in total. The second-order valence-electron chi connectivity index (χ2n) is 6.65. The Bertz CT molecular complexity index is 1030. The zero-order valence-corrected chi connectivity index (χ0v) is 17.2. The van der Waals surface area contributed by atoms with Gasteiger partial charge < -0.3 is 25.1 Å². The Balaban J connectivity index is 1.53. The summed E-state index contributed by atoms with van der Waals surface area (Å²) in [4.78, 5) is 36.7. The van der Waals surface area contributed by atoms with Crippen LogP contribution in [0.3, 0.4) is 0 Å². The van der Waals surface area contributed by atoms with Gasteiger partial charge in [0.25, 0.3) is 11.8 Å². The van der Waals surface area contributed by atoms with Crippen LogP contribution in [-0.4, -0.2) is 30.4 Å². The lowest BCUT2D eigenvalue weighted by Gasteiger charge is -2.13. The number of amides is 3. The van der Waals surface area contributed by atoms with Crippen molar-refractivity contribution in [2.24, 2.45) is 0 Å². The van der Waals surface area contributed by atoms with E-state index in [1.54, 1.807) is 61.5 Å². The van der Waals surface area contributed by atoms with Crippen LogP contribution in [0, 0.1) is 0 Å². The van der Waals surface area contributed by atoms with Crippen LogP contribution in [-0.2, 0) is 4.79 Å². The van der Waals surface area contributed by atoms with Crippen LogP contribution in [0.1, 0.15) is 34.8 Å². The first-order chi connectivity index (χ1) is 15.0. The lowest BCUT2D eigenvalue weighted by molar-refractivity contribution is -0.117. The van der Waals surface area contributed by atoms with Crippen molar-refractivity contribution in [3.63, 3.8) is 0 Å². The fourth-order valence-electron chi connectivity index (χ4n) is 2.70. The number of hydrogen-bond donors (Lipinski definition) is 3. The lowest BCUT2D eigenvalue weighted by atomic mass is 10.1. The van der Waals surface area contributed by atoms with Gasteiger partial charge in [-0.25, -0.2) is 0 Å². The Kier molecular flexibility index (Phi) is 7.05. The van der Waals surface area contributed by atoms with Gasteiger partial charge in [0.1, 0.15) is 11.8 Å². The summed E-state index contributed by atoms with van der Waals surface area (Å²) >= 11 is 0. The maximum atomic E-state index is 12.4. The summed E-state index contributed by atoms with van der Waals surface area (Å²) < 4.78 is 10.4. The van der Waals surface area contributed by atoms with Crippen molar-refractivity contribution in [2.75, 3.05) is 17.2 Å². The molecule has 160 valence electrons. The van der Waals surface area contributed by atoms with Crippen LogP contribution in [0.25, 0.3) is 0 Å². The molecular formula is C23H23N3O5. The Labute approximate surface area is 179 Å². The SMILES string of the molecule is CCOc1ccc(NC(=O)c2ccc(NC(=O)C(C)NC(=O)c3ccco3)cc2)cc1. The topological polar surface area (TPSA) is 110 Å². The van der Waals surface area contributed by atoms with Crippen molar-refractivity contribution in [3.8, 4) is 5.75 Å². The van der Waals surface area contributed by atoms with E-state index in [0.29, 0.717) is 23.5 Å². The summed E-state index contributed by atoms with van der Waals surface area (Å²) in [6, 6.07) is 15.8. The number of benzene rings is 2.